The van der Waals surface area contributed by atoms with Gasteiger partial charge in [0.1, 0.15) is 0 Å². The Morgan fingerprint density at radius 2 is 1.90 bits per heavy atom. The molecule has 31 heavy (non-hydrogen) atoms. The van der Waals surface area contributed by atoms with E-state index >= 15 is 0 Å². The van der Waals surface area contributed by atoms with Crippen molar-refractivity contribution < 1.29 is 18.0 Å². The summed E-state index contributed by atoms with van der Waals surface area (Å²) in [4.78, 5) is 30.7. The molecule has 0 unspecified atom stereocenters. The van der Waals surface area contributed by atoms with Crippen molar-refractivity contribution >= 4 is 49.7 Å². The third kappa shape index (κ3) is 4.59. The number of nitrogens with one attached hydrogen (secondary N) is 2. The average Bonchev–Trinajstić information content (AvgIpc) is 3.38. The normalized spacial score (nSPS) is 16.4. The van der Waals surface area contributed by atoms with Gasteiger partial charge in [-0.2, -0.15) is 0 Å². The molecule has 0 radical (unpaired) electrons. The van der Waals surface area contributed by atoms with Crippen molar-refractivity contribution in [1.29, 1.82) is 0 Å². The molecule has 1 atom stereocenters. The Balaban J connectivity index is 1.41. The molecule has 0 saturated carbocycles. The van der Waals surface area contributed by atoms with Crippen molar-refractivity contribution in [2.75, 3.05) is 21.5 Å². The summed E-state index contributed by atoms with van der Waals surface area (Å²) in [6.07, 6.45) is 1.64. The van der Waals surface area contributed by atoms with Gasteiger partial charge in [-0.15, -0.1) is 11.3 Å². The summed E-state index contributed by atoms with van der Waals surface area (Å²) in [7, 11) is -3.76. The van der Waals surface area contributed by atoms with E-state index in [0.29, 0.717) is 12.2 Å². The lowest BCUT2D eigenvalue weighted by Crippen LogP contribution is -2.28. The summed E-state index contributed by atoms with van der Waals surface area (Å²) in [6, 6.07) is 13.4. The average molecular weight is 457 g/mol. The van der Waals surface area contributed by atoms with Crippen molar-refractivity contribution in [3.8, 4) is 0 Å². The van der Waals surface area contributed by atoms with Crippen LogP contribution < -0.4 is 14.9 Å². The molecule has 1 aliphatic rings. The molecular weight excluding hydrogens is 436 g/mol. The van der Waals surface area contributed by atoms with Crippen LogP contribution in [0, 0.1) is 12.8 Å². The first kappa shape index (κ1) is 21.0. The van der Waals surface area contributed by atoms with E-state index in [1.807, 2.05) is 31.2 Å². The van der Waals surface area contributed by atoms with Gasteiger partial charge in [0.25, 0.3) is 10.0 Å². The van der Waals surface area contributed by atoms with Gasteiger partial charge in [-0.1, -0.05) is 18.2 Å². The number of aryl methyl sites for hydroxylation is 1. The molecule has 160 valence electrons. The molecule has 1 fully saturated rings. The van der Waals surface area contributed by atoms with Crippen LogP contribution in [-0.2, 0) is 19.6 Å². The van der Waals surface area contributed by atoms with Gasteiger partial charge < -0.3 is 10.2 Å². The number of nitrogens with zero attached hydrogens (tertiary/aromatic N) is 2. The Labute approximate surface area is 184 Å². The summed E-state index contributed by atoms with van der Waals surface area (Å²) in [5, 5.41) is 4.72. The zero-order chi connectivity index (χ0) is 22.0. The smallest absolute Gasteiger partial charge is 0.263 e. The second kappa shape index (κ2) is 8.48. The highest BCUT2D eigenvalue weighted by Crippen LogP contribution is 2.28. The number of thiazole rings is 1. The van der Waals surface area contributed by atoms with E-state index in [1.54, 1.807) is 10.3 Å². The number of aromatic nitrogens is 1. The van der Waals surface area contributed by atoms with E-state index in [2.05, 4.69) is 15.0 Å². The van der Waals surface area contributed by atoms with Gasteiger partial charge in [0, 0.05) is 35.9 Å². The minimum absolute atomic E-state index is 0.0578. The molecule has 1 aromatic heterocycles. The number of carbonyl (C=O) groups is 2. The molecule has 0 bridgehead atoms. The van der Waals surface area contributed by atoms with Crippen molar-refractivity contribution in [3.05, 3.63) is 65.7 Å². The maximum Gasteiger partial charge on any atom is 0.263 e. The first-order valence-corrected chi connectivity index (χ1v) is 11.9. The summed E-state index contributed by atoms with van der Waals surface area (Å²) in [6.45, 7) is 2.23. The molecule has 0 spiro atoms. The molecule has 2 N–H and O–H groups in total. The molecule has 2 amide bonds. The second-order valence-electron chi connectivity index (χ2n) is 7.15. The Hall–Kier alpha value is -3.24. The molecule has 2 heterocycles. The third-order valence-electron chi connectivity index (χ3n) is 4.99. The van der Waals surface area contributed by atoms with Crippen LogP contribution in [0.15, 0.2) is 65.0 Å². The number of hydrogen-bond acceptors (Lipinski definition) is 6. The maximum atomic E-state index is 12.7. The van der Waals surface area contributed by atoms with E-state index in [-0.39, 0.29) is 28.3 Å². The van der Waals surface area contributed by atoms with E-state index < -0.39 is 15.9 Å². The van der Waals surface area contributed by atoms with Crippen molar-refractivity contribution in [2.24, 2.45) is 5.92 Å². The highest BCUT2D eigenvalue weighted by molar-refractivity contribution is 7.93. The number of benzene rings is 2. The lowest BCUT2D eigenvalue weighted by atomic mass is 10.1. The number of para-hydroxylation sites is 1. The quantitative estimate of drug-likeness (QED) is 0.592. The fourth-order valence-electron chi connectivity index (χ4n) is 3.39. The molecule has 2 aromatic carbocycles. The number of amides is 2. The summed E-state index contributed by atoms with van der Waals surface area (Å²) >= 11 is 1.18. The molecule has 3 aromatic rings. The molecular formula is C21H20N4O4S2. The SMILES string of the molecule is Cc1ccccc1N1C[C@H](C(=O)Nc2ccc(S(=O)(=O)Nc3nccs3)cc2)CC1=O. The van der Waals surface area contributed by atoms with Gasteiger partial charge in [-0.3, -0.25) is 14.3 Å². The van der Waals surface area contributed by atoms with E-state index in [4.69, 9.17) is 0 Å². The minimum Gasteiger partial charge on any atom is -0.326 e. The van der Waals surface area contributed by atoms with Gasteiger partial charge >= 0.3 is 0 Å². The van der Waals surface area contributed by atoms with Gasteiger partial charge in [0.2, 0.25) is 11.8 Å². The maximum absolute atomic E-state index is 12.7. The Morgan fingerprint density at radius 1 is 1.16 bits per heavy atom. The first-order chi connectivity index (χ1) is 14.8. The number of rotatable bonds is 6. The predicted octanol–water partition coefficient (Wildman–Crippen LogP) is 3.24. The van der Waals surface area contributed by atoms with Gasteiger partial charge in [0.05, 0.1) is 10.8 Å². The summed E-state index contributed by atoms with van der Waals surface area (Å²) in [5.41, 5.74) is 2.24. The molecule has 4 rings (SSSR count). The van der Waals surface area contributed by atoms with Crippen molar-refractivity contribution in [1.82, 2.24) is 4.98 Å². The molecule has 1 saturated heterocycles. The number of hydrogen-bond donors (Lipinski definition) is 2. The van der Waals surface area contributed by atoms with Crippen molar-refractivity contribution in [3.63, 3.8) is 0 Å². The zero-order valence-electron chi connectivity index (χ0n) is 16.6. The lowest BCUT2D eigenvalue weighted by molar-refractivity contribution is -0.122. The highest BCUT2D eigenvalue weighted by atomic mass is 32.2. The van der Waals surface area contributed by atoms with E-state index in [9.17, 15) is 18.0 Å². The van der Waals surface area contributed by atoms with Crippen LogP contribution in [0.1, 0.15) is 12.0 Å². The third-order valence-corrected chi connectivity index (χ3v) is 7.16. The van der Waals surface area contributed by atoms with Crippen molar-refractivity contribution in [2.45, 2.75) is 18.2 Å². The van der Waals surface area contributed by atoms with E-state index in [0.717, 1.165) is 11.3 Å². The van der Waals surface area contributed by atoms with Crippen LogP contribution in [0.4, 0.5) is 16.5 Å². The van der Waals surface area contributed by atoms with E-state index in [1.165, 1.54) is 41.8 Å². The molecule has 1 aliphatic heterocycles. The number of anilines is 3. The largest absolute Gasteiger partial charge is 0.326 e. The van der Waals surface area contributed by atoms with Gasteiger partial charge in [-0.05, 0) is 42.8 Å². The first-order valence-electron chi connectivity index (χ1n) is 9.53. The minimum atomic E-state index is -3.76. The number of sulfonamides is 1. The zero-order valence-corrected chi connectivity index (χ0v) is 18.2. The molecule has 10 heteroatoms. The monoisotopic (exact) mass is 456 g/mol. The predicted molar refractivity (Wildman–Crippen MR) is 120 cm³/mol. The van der Waals surface area contributed by atoms with Crippen LogP contribution in [-0.4, -0.2) is 31.8 Å². The number of carbonyl (C=O) groups excluding carboxylic acids is 2. The Bertz CT molecular complexity index is 1210. The van der Waals surface area contributed by atoms with Crippen LogP contribution in [0.2, 0.25) is 0 Å². The van der Waals surface area contributed by atoms with Gasteiger partial charge in [-0.25, -0.2) is 13.4 Å². The summed E-state index contributed by atoms with van der Waals surface area (Å²) < 4.78 is 27.2. The fraction of sp³-hybridized carbons (Fsp3) is 0.190. The molecule has 8 nitrogen and oxygen atoms in total. The standard InChI is InChI=1S/C21H20N4O4S2/c1-14-4-2-3-5-18(14)25-13-15(12-19(25)26)20(27)23-16-6-8-17(9-7-16)31(28,29)24-21-22-10-11-30-21/h2-11,15H,12-13H2,1H3,(H,22,24)(H,23,27)/t15-/m1/s1. The topological polar surface area (TPSA) is 108 Å². The lowest BCUT2D eigenvalue weighted by Gasteiger charge is -2.19. The van der Waals surface area contributed by atoms with Crippen LogP contribution in [0.5, 0.6) is 0 Å². The highest BCUT2D eigenvalue weighted by Gasteiger charge is 2.35. The van der Waals surface area contributed by atoms with Crippen LogP contribution in [0.25, 0.3) is 0 Å². The second-order valence-corrected chi connectivity index (χ2v) is 9.73. The van der Waals surface area contributed by atoms with Gasteiger partial charge in [0.15, 0.2) is 5.13 Å². The van der Waals surface area contributed by atoms with Crippen LogP contribution >= 0.6 is 11.3 Å². The Kier molecular flexibility index (Phi) is 5.75. The fourth-order valence-corrected chi connectivity index (χ4v) is 5.18. The Morgan fingerprint density at radius 3 is 2.58 bits per heavy atom. The molecule has 0 aliphatic carbocycles. The van der Waals surface area contributed by atoms with Crippen LogP contribution in [0.3, 0.4) is 0 Å². The summed E-state index contributed by atoms with van der Waals surface area (Å²) in [5.74, 6) is -0.854.